The minimum Gasteiger partial charge on any atom is -0.377 e. The number of nitrogens with zero attached hydrogens (tertiary/aromatic N) is 6. The first-order chi connectivity index (χ1) is 12.9. The Kier molecular flexibility index (Phi) is 7.75. The molecule has 10 nitrogen and oxygen atoms in total. The number of aromatic nitrogens is 5. The quantitative estimate of drug-likeness (QED) is 0.357. The molecule has 0 fully saturated rings. The van der Waals surface area contributed by atoms with Crippen LogP contribution in [0.3, 0.4) is 0 Å². The number of aryl methyl sites for hydroxylation is 1. The SMILES string of the molecule is CN=C(NCc1noc(C(C)(C)C)n1)NC1CCc2nc(COC)nn2C1.I. The van der Waals surface area contributed by atoms with Gasteiger partial charge in [0.1, 0.15) is 12.4 Å². The third kappa shape index (κ3) is 5.63. The Morgan fingerprint density at radius 3 is 2.75 bits per heavy atom. The third-order valence-electron chi connectivity index (χ3n) is 4.26. The molecule has 156 valence electrons. The molecule has 1 aliphatic heterocycles. The molecule has 11 heteroatoms. The van der Waals surface area contributed by atoms with E-state index in [9.17, 15) is 0 Å². The lowest BCUT2D eigenvalue weighted by molar-refractivity contribution is 0.177. The van der Waals surface area contributed by atoms with Crippen molar-refractivity contribution in [3.8, 4) is 0 Å². The van der Waals surface area contributed by atoms with Gasteiger partial charge in [-0.1, -0.05) is 25.9 Å². The van der Waals surface area contributed by atoms with Gasteiger partial charge in [-0.2, -0.15) is 10.1 Å². The van der Waals surface area contributed by atoms with E-state index in [1.54, 1.807) is 14.2 Å². The highest BCUT2D eigenvalue weighted by molar-refractivity contribution is 14.0. The first kappa shape index (κ1) is 22.5. The largest absolute Gasteiger partial charge is 0.377 e. The van der Waals surface area contributed by atoms with Gasteiger partial charge in [0.25, 0.3) is 0 Å². The summed E-state index contributed by atoms with van der Waals surface area (Å²) < 4.78 is 12.4. The molecule has 2 N–H and O–H groups in total. The van der Waals surface area contributed by atoms with Crippen molar-refractivity contribution in [2.45, 2.75) is 64.8 Å². The summed E-state index contributed by atoms with van der Waals surface area (Å²) >= 11 is 0. The van der Waals surface area contributed by atoms with Gasteiger partial charge in [-0.3, -0.25) is 4.99 Å². The normalized spacial score (nSPS) is 17.0. The average Bonchev–Trinajstić information content (AvgIpc) is 3.24. The molecule has 0 saturated heterocycles. The summed E-state index contributed by atoms with van der Waals surface area (Å²) in [6.45, 7) is 7.73. The summed E-state index contributed by atoms with van der Waals surface area (Å²) in [6, 6.07) is 0.219. The lowest BCUT2D eigenvalue weighted by Gasteiger charge is -2.25. The number of hydrogen-bond acceptors (Lipinski definition) is 7. The monoisotopic (exact) mass is 504 g/mol. The molecule has 1 unspecified atom stereocenters. The molecule has 0 aromatic carbocycles. The maximum atomic E-state index is 5.32. The minimum atomic E-state index is -0.162. The number of methoxy groups -OCH3 is 1. The lowest BCUT2D eigenvalue weighted by Crippen LogP contribution is -2.46. The Morgan fingerprint density at radius 1 is 1.32 bits per heavy atom. The zero-order valence-electron chi connectivity index (χ0n) is 17.0. The van der Waals surface area contributed by atoms with Crippen LogP contribution in [0.4, 0.5) is 0 Å². The number of rotatable bonds is 5. The Balaban J connectivity index is 0.00000280. The van der Waals surface area contributed by atoms with Crippen LogP contribution in [0, 0.1) is 0 Å². The molecule has 3 rings (SSSR count). The summed E-state index contributed by atoms with van der Waals surface area (Å²) in [7, 11) is 3.39. The van der Waals surface area contributed by atoms with Gasteiger partial charge >= 0.3 is 0 Å². The molecule has 28 heavy (non-hydrogen) atoms. The van der Waals surface area contributed by atoms with Crippen molar-refractivity contribution >= 4 is 29.9 Å². The summed E-state index contributed by atoms with van der Waals surface area (Å²) in [4.78, 5) is 13.2. The predicted molar refractivity (Wildman–Crippen MR) is 115 cm³/mol. The number of halogens is 1. The maximum Gasteiger partial charge on any atom is 0.232 e. The number of nitrogens with one attached hydrogen (secondary N) is 2. The van der Waals surface area contributed by atoms with Crippen molar-refractivity contribution in [3.63, 3.8) is 0 Å². The van der Waals surface area contributed by atoms with Gasteiger partial charge in [0.05, 0.1) is 13.1 Å². The van der Waals surface area contributed by atoms with Gasteiger partial charge in [-0.25, -0.2) is 9.67 Å². The van der Waals surface area contributed by atoms with Crippen LogP contribution in [-0.2, 0) is 36.3 Å². The molecule has 2 aromatic heterocycles. The Hall–Kier alpha value is -1.76. The number of fused-ring (bicyclic) bond motifs is 1. The van der Waals surface area contributed by atoms with E-state index in [4.69, 9.17) is 9.26 Å². The Morgan fingerprint density at radius 2 is 2.11 bits per heavy atom. The van der Waals surface area contributed by atoms with Crippen molar-refractivity contribution in [3.05, 3.63) is 23.4 Å². The molecule has 3 heterocycles. The molecule has 1 atom stereocenters. The van der Waals surface area contributed by atoms with E-state index >= 15 is 0 Å². The molecule has 0 aliphatic carbocycles. The summed E-state index contributed by atoms with van der Waals surface area (Å²) in [5.41, 5.74) is -0.162. The maximum absolute atomic E-state index is 5.32. The third-order valence-corrected chi connectivity index (χ3v) is 4.26. The number of guanidine groups is 1. The fraction of sp³-hybridized carbons (Fsp3) is 0.706. The summed E-state index contributed by atoms with van der Waals surface area (Å²) in [6.07, 6.45) is 1.83. The Labute approximate surface area is 181 Å². The second-order valence-electron chi connectivity index (χ2n) is 7.63. The molecule has 0 spiro atoms. The van der Waals surface area contributed by atoms with E-state index in [1.165, 1.54) is 0 Å². The number of aliphatic imine (C=N–C) groups is 1. The van der Waals surface area contributed by atoms with Crippen LogP contribution < -0.4 is 10.6 Å². The van der Waals surface area contributed by atoms with Crippen molar-refractivity contribution in [2.75, 3.05) is 14.2 Å². The number of ether oxygens (including phenoxy) is 1. The van der Waals surface area contributed by atoms with Gasteiger partial charge in [-0.15, -0.1) is 24.0 Å². The van der Waals surface area contributed by atoms with Gasteiger partial charge < -0.3 is 19.9 Å². The van der Waals surface area contributed by atoms with Crippen LogP contribution in [-0.4, -0.2) is 51.1 Å². The molecule has 2 aromatic rings. The molecular formula is C17H29IN8O2. The van der Waals surface area contributed by atoms with Crippen molar-refractivity contribution in [2.24, 2.45) is 4.99 Å². The van der Waals surface area contributed by atoms with Crippen molar-refractivity contribution < 1.29 is 9.26 Å². The lowest BCUT2D eigenvalue weighted by atomic mass is 9.97. The Bertz CT molecular complexity index is 795. The standard InChI is InChI=1S/C17H28N8O2.HI/c1-17(2,3)15-22-12(24-27-15)8-19-16(18-4)20-11-6-7-14-21-13(10-26-5)23-25(14)9-11;/h11H,6-10H2,1-5H3,(H2,18,19,20);1H. The van der Waals surface area contributed by atoms with Crippen molar-refractivity contribution in [1.29, 1.82) is 0 Å². The molecule has 0 amide bonds. The predicted octanol–water partition coefficient (Wildman–Crippen LogP) is 1.40. The van der Waals surface area contributed by atoms with Gasteiger partial charge in [0.2, 0.25) is 5.89 Å². The summed E-state index contributed by atoms with van der Waals surface area (Å²) in [5, 5.41) is 15.2. The summed E-state index contributed by atoms with van der Waals surface area (Å²) in [5.74, 6) is 3.66. The zero-order chi connectivity index (χ0) is 19.4. The highest BCUT2D eigenvalue weighted by atomic mass is 127. The van der Waals surface area contributed by atoms with E-state index in [2.05, 4.69) is 35.8 Å². The van der Waals surface area contributed by atoms with Crippen LogP contribution in [0.5, 0.6) is 0 Å². The van der Waals surface area contributed by atoms with Crippen molar-refractivity contribution in [1.82, 2.24) is 35.5 Å². The van der Waals surface area contributed by atoms with E-state index in [-0.39, 0.29) is 35.4 Å². The second kappa shape index (κ2) is 9.63. The van der Waals surface area contributed by atoms with Gasteiger partial charge in [0, 0.05) is 32.0 Å². The highest BCUT2D eigenvalue weighted by Gasteiger charge is 2.23. The van der Waals surface area contributed by atoms with E-state index < -0.39 is 0 Å². The van der Waals surface area contributed by atoms with Crippen LogP contribution in [0.2, 0.25) is 0 Å². The molecule has 0 bridgehead atoms. The molecule has 0 saturated carbocycles. The van der Waals surface area contributed by atoms with E-state index in [0.717, 1.165) is 31.0 Å². The zero-order valence-corrected chi connectivity index (χ0v) is 19.4. The topological polar surface area (TPSA) is 115 Å². The van der Waals surface area contributed by atoms with Crippen LogP contribution >= 0.6 is 24.0 Å². The van der Waals surface area contributed by atoms with Crippen LogP contribution in [0.1, 0.15) is 50.6 Å². The van der Waals surface area contributed by atoms with Gasteiger partial charge in [-0.05, 0) is 6.42 Å². The molecular weight excluding hydrogens is 475 g/mol. The molecule has 1 aliphatic rings. The van der Waals surface area contributed by atoms with E-state index in [0.29, 0.717) is 30.8 Å². The van der Waals surface area contributed by atoms with Gasteiger partial charge in [0.15, 0.2) is 17.6 Å². The fourth-order valence-corrected chi connectivity index (χ4v) is 2.85. The fourth-order valence-electron chi connectivity index (χ4n) is 2.85. The average molecular weight is 504 g/mol. The second-order valence-corrected chi connectivity index (χ2v) is 7.63. The smallest absolute Gasteiger partial charge is 0.232 e. The van der Waals surface area contributed by atoms with E-state index in [1.807, 2.05) is 25.5 Å². The highest BCUT2D eigenvalue weighted by Crippen LogP contribution is 2.19. The first-order valence-electron chi connectivity index (χ1n) is 9.11. The molecule has 0 radical (unpaired) electrons. The first-order valence-corrected chi connectivity index (χ1v) is 9.11. The van der Waals surface area contributed by atoms with Crippen LogP contribution in [0.15, 0.2) is 9.52 Å². The van der Waals surface area contributed by atoms with Crippen LogP contribution in [0.25, 0.3) is 0 Å². The minimum absolute atomic E-state index is 0. The number of hydrogen-bond donors (Lipinski definition) is 2.